The van der Waals surface area contributed by atoms with E-state index in [-0.39, 0.29) is 29.1 Å². The predicted octanol–water partition coefficient (Wildman–Crippen LogP) is 4.88. The van der Waals surface area contributed by atoms with Crippen molar-refractivity contribution in [3.05, 3.63) is 57.7 Å². The van der Waals surface area contributed by atoms with E-state index in [1.54, 1.807) is 11.1 Å². The van der Waals surface area contributed by atoms with Crippen LogP contribution in [0.5, 0.6) is 5.75 Å². The second kappa shape index (κ2) is 12.3. The average molecular weight is 465 g/mol. The van der Waals surface area contributed by atoms with E-state index in [1.165, 1.54) is 0 Å². The molecule has 2 aromatic carbocycles. The van der Waals surface area contributed by atoms with Crippen LogP contribution in [0.15, 0.2) is 47.3 Å². The van der Waals surface area contributed by atoms with E-state index in [0.29, 0.717) is 25.0 Å². The maximum atomic E-state index is 12.8. The second-order valence-corrected chi connectivity index (χ2v) is 8.11. The number of rotatable bonds is 10. The second-order valence-electron chi connectivity index (χ2n) is 7.13. The van der Waals surface area contributed by atoms with E-state index in [0.717, 1.165) is 53.0 Å². The van der Waals surface area contributed by atoms with E-state index in [1.807, 2.05) is 36.4 Å². The number of halogens is 1. The third-order valence-electron chi connectivity index (χ3n) is 4.84. The number of aromatic nitrogens is 1. The number of phenols is 1. The molecule has 168 valence electrons. The topological polar surface area (TPSA) is 97.5 Å². The fraction of sp³-hybridized carbons (Fsp3) is 0.364. The van der Waals surface area contributed by atoms with Crippen LogP contribution < -0.4 is 15.6 Å². The zero-order valence-corrected chi connectivity index (χ0v) is 19.2. The molecule has 0 saturated carbocycles. The number of carbonyl (C=O) groups excluding carboxylic acids is 1. The number of nitrogens with one attached hydrogen (secondary N) is 3. The fourth-order valence-electron chi connectivity index (χ4n) is 3.26. The average Bonchev–Trinajstić information content (AvgIpc) is 3.14. The van der Waals surface area contributed by atoms with E-state index >= 15 is 0 Å². The molecule has 0 aliphatic carbocycles. The summed E-state index contributed by atoms with van der Waals surface area (Å²) < 4.78 is 0.755. The summed E-state index contributed by atoms with van der Waals surface area (Å²) in [6, 6.07) is 12.6. The van der Waals surface area contributed by atoms with Gasteiger partial charge >= 0.3 is 10.9 Å². The van der Waals surface area contributed by atoms with E-state index in [4.69, 9.17) is 0 Å². The summed E-state index contributed by atoms with van der Waals surface area (Å²) in [6.07, 6.45) is 4.90. The lowest BCUT2D eigenvalue weighted by Crippen LogP contribution is -2.46. The molecule has 0 aliphatic rings. The lowest BCUT2D eigenvalue weighted by Gasteiger charge is -2.24. The molecule has 1 heterocycles. The van der Waals surface area contributed by atoms with Gasteiger partial charge in [-0.05, 0) is 36.6 Å². The Morgan fingerprint density at radius 1 is 1.13 bits per heavy atom. The smallest absolute Gasteiger partial charge is 0.336 e. The van der Waals surface area contributed by atoms with Gasteiger partial charge in [-0.2, -0.15) is 0 Å². The van der Waals surface area contributed by atoms with Crippen molar-refractivity contribution < 1.29 is 9.90 Å². The standard InChI is InChI=1S/C22H28N4O3S.ClH/c1-2-3-4-8-15-26(21(28)24-17-9-6-5-7-10-17)23-14-13-16-11-12-18(27)19-20(16)30-22(29)25-19;/h5-7,9-12,23,27H,2-4,8,13-15H2,1H3,(H,24,28)(H,25,29);1H. The number of urea groups is 1. The Bertz CT molecular complexity index is 1020. The Kier molecular flexibility index (Phi) is 9.84. The number of amides is 2. The van der Waals surface area contributed by atoms with Crippen LogP contribution in [0, 0.1) is 0 Å². The molecule has 1 aromatic heterocycles. The summed E-state index contributed by atoms with van der Waals surface area (Å²) in [7, 11) is 0. The maximum Gasteiger partial charge on any atom is 0.336 e. The highest BCUT2D eigenvalue weighted by Gasteiger charge is 2.14. The van der Waals surface area contributed by atoms with Crippen molar-refractivity contribution in [2.24, 2.45) is 0 Å². The molecule has 0 atom stereocenters. The van der Waals surface area contributed by atoms with Crippen molar-refractivity contribution in [3.63, 3.8) is 0 Å². The molecule has 0 aliphatic heterocycles. The van der Waals surface area contributed by atoms with Crippen molar-refractivity contribution in [2.75, 3.05) is 18.4 Å². The number of hydrogen-bond donors (Lipinski definition) is 4. The minimum Gasteiger partial charge on any atom is -0.506 e. The summed E-state index contributed by atoms with van der Waals surface area (Å²) in [5.74, 6) is 0.0693. The van der Waals surface area contributed by atoms with Crippen LogP contribution in [0.25, 0.3) is 10.2 Å². The van der Waals surface area contributed by atoms with Gasteiger partial charge < -0.3 is 15.4 Å². The first-order valence-corrected chi connectivity index (χ1v) is 11.1. The molecule has 2 amide bonds. The first kappa shape index (κ1) is 24.7. The van der Waals surface area contributed by atoms with E-state index in [2.05, 4.69) is 22.7 Å². The molecule has 3 rings (SSSR count). The molecule has 0 unspecified atom stereocenters. The molecule has 0 fully saturated rings. The number of H-pyrrole nitrogens is 1. The van der Waals surface area contributed by atoms with Gasteiger partial charge in [-0.1, -0.05) is 61.8 Å². The van der Waals surface area contributed by atoms with Crippen LogP contribution in [0.3, 0.4) is 0 Å². The van der Waals surface area contributed by atoms with Gasteiger partial charge in [0.05, 0.1) is 4.70 Å². The number of aromatic hydroxyl groups is 1. The number of para-hydroxylation sites is 1. The Hall–Kier alpha value is -2.55. The summed E-state index contributed by atoms with van der Waals surface area (Å²) >= 11 is 1.09. The number of aromatic amines is 1. The zero-order valence-electron chi connectivity index (χ0n) is 17.5. The molecule has 9 heteroatoms. The molecular formula is C22H29ClN4O3S. The molecular weight excluding hydrogens is 436 g/mol. The number of anilines is 1. The lowest BCUT2D eigenvalue weighted by atomic mass is 10.1. The van der Waals surface area contributed by atoms with Gasteiger partial charge in [0.15, 0.2) is 0 Å². The van der Waals surface area contributed by atoms with Crippen LogP contribution in [0.2, 0.25) is 0 Å². The van der Waals surface area contributed by atoms with Gasteiger partial charge in [0.2, 0.25) is 0 Å². The number of benzene rings is 2. The summed E-state index contributed by atoms with van der Waals surface area (Å²) in [4.78, 5) is 26.9. The largest absolute Gasteiger partial charge is 0.506 e. The number of fused-ring (bicyclic) bond motifs is 1. The van der Waals surface area contributed by atoms with Crippen LogP contribution in [0.1, 0.15) is 38.2 Å². The van der Waals surface area contributed by atoms with Gasteiger partial charge in [0.25, 0.3) is 0 Å². The minimum absolute atomic E-state index is 0. The van der Waals surface area contributed by atoms with E-state index in [9.17, 15) is 14.7 Å². The minimum atomic E-state index is -0.195. The van der Waals surface area contributed by atoms with Gasteiger partial charge in [-0.15, -0.1) is 12.4 Å². The summed E-state index contributed by atoms with van der Waals surface area (Å²) in [6.45, 7) is 3.30. The number of phenolic OH excluding ortho intramolecular Hbond substituents is 1. The van der Waals surface area contributed by atoms with Gasteiger partial charge in [0.1, 0.15) is 11.3 Å². The first-order chi connectivity index (χ1) is 14.6. The lowest BCUT2D eigenvalue weighted by molar-refractivity contribution is 0.182. The number of carbonyl (C=O) groups is 1. The van der Waals surface area contributed by atoms with Crippen molar-refractivity contribution >= 4 is 45.7 Å². The van der Waals surface area contributed by atoms with E-state index < -0.39 is 0 Å². The highest BCUT2D eigenvalue weighted by atomic mass is 35.5. The third kappa shape index (κ3) is 6.99. The predicted molar refractivity (Wildman–Crippen MR) is 129 cm³/mol. The van der Waals surface area contributed by atoms with Crippen LogP contribution in [-0.4, -0.2) is 34.2 Å². The van der Waals surface area contributed by atoms with Crippen molar-refractivity contribution in [1.29, 1.82) is 0 Å². The zero-order chi connectivity index (χ0) is 21.3. The highest BCUT2D eigenvalue weighted by Crippen LogP contribution is 2.27. The monoisotopic (exact) mass is 464 g/mol. The first-order valence-electron chi connectivity index (χ1n) is 10.3. The molecule has 4 N–H and O–H groups in total. The molecule has 0 spiro atoms. The molecule has 0 radical (unpaired) electrons. The molecule has 0 saturated heterocycles. The van der Waals surface area contributed by atoms with Crippen molar-refractivity contribution in [3.8, 4) is 5.75 Å². The Labute approximate surface area is 191 Å². The summed E-state index contributed by atoms with van der Waals surface area (Å²) in [5, 5.41) is 14.5. The maximum absolute atomic E-state index is 12.8. The van der Waals surface area contributed by atoms with Gasteiger partial charge in [-0.3, -0.25) is 9.80 Å². The molecule has 0 bridgehead atoms. The van der Waals surface area contributed by atoms with Crippen LogP contribution in [0.4, 0.5) is 10.5 Å². The number of nitrogens with zero attached hydrogens (tertiary/aromatic N) is 1. The van der Waals surface area contributed by atoms with Gasteiger partial charge in [-0.25, -0.2) is 10.2 Å². The summed E-state index contributed by atoms with van der Waals surface area (Å²) in [5.41, 5.74) is 5.40. The highest BCUT2D eigenvalue weighted by molar-refractivity contribution is 7.16. The molecule has 31 heavy (non-hydrogen) atoms. The van der Waals surface area contributed by atoms with Crippen molar-refractivity contribution in [1.82, 2.24) is 15.4 Å². The number of thiazole rings is 1. The van der Waals surface area contributed by atoms with Crippen LogP contribution >= 0.6 is 23.7 Å². The third-order valence-corrected chi connectivity index (χ3v) is 5.80. The normalized spacial score (nSPS) is 10.6. The fourth-order valence-corrected chi connectivity index (χ4v) is 4.15. The Balaban J connectivity index is 0.00000341. The number of hydrazine groups is 1. The quantitative estimate of drug-likeness (QED) is 0.254. The SMILES string of the molecule is CCCCCCN(NCCc1ccc(O)c2[nH]c(=O)sc12)C(=O)Nc1ccccc1.Cl. The van der Waals surface area contributed by atoms with Gasteiger partial charge in [0, 0.05) is 18.8 Å². The Morgan fingerprint density at radius 3 is 2.65 bits per heavy atom. The van der Waals surface area contributed by atoms with Crippen molar-refractivity contribution in [2.45, 2.75) is 39.0 Å². The number of unbranched alkanes of at least 4 members (excludes halogenated alkanes) is 3. The van der Waals surface area contributed by atoms with Crippen LogP contribution in [-0.2, 0) is 6.42 Å². The number of hydrogen-bond acceptors (Lipinski definition) is 5. The molecule has 3 aromatic rings. The Morgan fingerprint density at radius 2 is 1.90 bits per heavy atom. The molecule has 7 nitrogen and oxygen atoms in total.